The summed E-state index contributed by atoms with van der Waals surface area (Å²) < 4.78 is 40.8. The molecule has 0 aliphatic heterocycles. The molecular weight excluding hydrogens is 508 g/mol. The second-order valence-electron chi connectivity index (χ2n) is 11.8. The first-order valence-electron chi connectivity index (χ1n) is 13.1. The van der Waals surface area contributed by atoms with E-state index in [9.17, 15) is 13.2 Å². The number of methoxy groups -OCH3 is 1. The van der Waals surface area contributed by atoms with Crippen molar-refractivity contribution in [2.45, 2.75) is 103 Å². The number of carbonyl (C=O) groups excluding carboxylic acids is 1. The molecule has 1 aliphatic carbocycles. The number of sulfonamides is 1. The predicted octanol–water partition coefficient (Wildman–Crippen LogP) is 6.63. The molecule has 0 amide bonds. The maximum absolute atomic E-state index is 13.4. The molecule has 1 N–H and O–H groups in total. The zero-order chi connectivity index (χ0) is 27.6. The van der Waals surface area contributed by atoms with Crippen LogP contribution in [0.3, 0.4) is 0 Å². The van der Waals surface area contributed by atoms with E-state index in [1.165, 1.54) is 17.8 Å². The van der Waals surface area contributed by atoms with Crippen LogP contribution in [-0.2, 0) is 24.9 Å². The minimum Gasteiger partial charge on any atom is -0.461 e. The molecule has 37 heavy (non-hydrogen) atoms. The highest BCUT2D eigenvalue weighted by Gasteiger charge is 2.33. The van der Waals surface area contributed by atoms with Gasteiger partial charge in [-0.15, -0.1) is 11.3 Å². The average Bonchev–Trinajstić information content (AvgIpc) is 3.23. The van der Waals surface area contributed by atoms with E-state index in [2.05, 4.69) is 4.72 Å². The summed E-state index contributed by atoms with van der Waals surface area (Å²) >= 11 is 1.28. The summed E-state index contributed by atoms with van der Waals surface area (Å²) in [5, 5.41) is 0.285. The lowest BCUT2D eigenvalue weighted by atomic mass is 9.83. The smallest absolute Gasteiger partial charge is 0.367 e. The summed E-state index contributed by atoms with van der Waals surface area (Å²) in [4.78, 5) is 18.5. The van der Waals surface area contributed by atoms with Gasteiger partial charge in [-0.05, 0) is 75.1 Å². The summed E-state index contributed by atoms with van der Waals surface area (Å²) in [6.07, 6.45) is 5.37. The van der Waals surface area contributed by atoms with Crippen molar-refractivity contribution < 1.29 is 22.7 Å². The van der Waals surface area contributed by atoms with Gasteiger partial charge in [0.1, 0.15) is 6.10 Å². The second kappa shape index (κ2) is 11.5. The summed E-state index contributed by atoms with van der Waals surface area (Å²) in [7, 11) is -2.06. The van der Waals surface area contributed by atoms with Crippen molar-refractivity contribution >= 4 is 27.3 Å². The first-order chi connectivity index (χ1) is 17.2. The van der Waals surface area contributed by atoms with Crippen LogP contribution in [0.2, 0.25) is 0 Å². The number of benzene rings is 1. The summed E-state index contributed by atoms with van der Waals surface area (Å²) in [5.74, 6) is -0.143. The van der Waals surface area contributed by atoms with Crippen molar-refractivity contribution in [2.75, 3.05) is 13.7 Å². The Hall–Kier alpha value is -1.81. The molecule has 0 spiro atoms. The van der Waals surface area contributed by atoms with E-state index in [4.69, 9.17) is 14.5 Å². The molecule has 1 heterocycles. The largest absolute Gasteiger partial charge is 0.461 e. The Labute approximate surface area is 226 Å². The van der Waals surface area contributed by atoms with Crippen LogP contribution in [0.4, 0.5) is 0 Å². The Bertz CT molecular complexity index is 1200. The van der Waals surface area contributed by atoms with E-state index in [-0.39, 0.29) is 22.6 Å². The number of esters is 1. The minimum absolute atomic E-state index is 0.251. The van der Waals surface area contributed by atoms with Crippen LogP contribution in [0.5, 0.6) is 0 Å². The number of hydrogen-bond donors (Lipinski definition) is 1. The van der Waals surface area contributed by atoms with Gasteiger partial charge in [-0.25, -0.2) is 22.9 Å². The highest BCUT2D eigenvalue weighted by atomic mass is 32.2. The summed E-state index contributed by atoms with van der Waals surface area (Å²) in [6, 6.07) is 5.41. The van der Waals surface area contributed by atoms with Crippen LogP contribution in [0, 0.1) is 5.92 Å². The number of nitrogens with zero attached hydrogens (tertiary/aromatic N) is 1. The molecule has 1 atom stereocenters. The van der Waals surface area contributed by atoms with Crippen LogP contribution < -0.4 is 4.72 Å². The molecule has 7 nitrogen and oxygen atoms in total. The van der Waals surface area contributed by atoms with E-state index >= 15 is 0 Å². The number of ether oxygens (including phenoxy) is 2. The van der Waals surface area contributed by atoms with E-state index in [0.29, 0.717) is 11.5 Å². The van der Waals surface area contributed by atoms with Gasteiger partial charge in [0.2, 0.25) is 15.0 Å². The van der Waals surface area contributed by atoms with Crippen LogP contribution in [0.15, 0.2) is 23.1 Å². The predicted molar refractivity (Wildman–Crippen MR) is 149 cm³/mol. The minimum atomic E-state index is -3.76. The van der Waals surface area contributed by atoms with Gasteiger partial charge in [0.15, 0.2) is 0 Å². The van der Waals surface area contributed by atoms with Gasteiger partial charge in [0.25, 0.3) is 0 Å². The molecular formula is C28H42N2O5S2. The number of carbonyl (C=O) groups is 1. The first-order valence-corrected chi connectivity index (χ1v) is 15.4. The monoisotopic (exact) mass is 550 g/mol. The normalized spacial score (nSPS) is 16.5. The van der Waals surface area contributed by atoms with Gasteiger partial charge in [0.05, 0.1) is 22.1 Å². The molecule has 1 aromatic heterocycles. The molecule has 0 saturated heterocycles. The van der Waals surface area contributed by atoms with Crippen molar-refractivity contribution in [3.63, 3.8) is 0 Å². The maximum Gasteiger partial charge on any atom is 0.367 e. The topological polar surface area (TPSA) is 94.6 Å². The Morgan fingerprint density at radius 3 is 2.32 bits per heavy atom. The zero-order valence-electron chi connectivity index (χ0n) is 23.4. The second-order valence-corrected chi connectivity index (χ2v) is 14.5. The van der Waals surface area contributed by atoms with Crippen LogP contribution in [0.1, 0.15) is 108 Å². The highest BCUT2D eigenvalue weighted by Crippen LogP contribution is 2.44. The molecule has 1 aromatic carbocycles. The third-order valence-corrected chi connectivity index (χ3v) is 9.40. The lowest BCUT2D eigenvalue weighted by molar-refractivity contribution is 0.0327. The SMILES string of the molecule is CCOC(=O)c1nc(C(OC)C2CCCCC2)c(-c2ccc(S(=O)(=O)NC(C)(C)C)c(C(C)(C)C)c2)s1. The molecule has 1 aliphatic rings. The number of hydrogen-bond acceptors (Lipinski definition) is 7. The van der Waals surface area contributed by atoms with Gasteiger partial charge in [-0.3, -0.25) is 0 Å². The number of nitrogens with one attached hydrogen (secondary N) is 1. The van der Waals surface area contributed by atoms with Crippen molar-refractivity contribution in [3.05, 3.63) is 34.5 Å². The summed E-state index contributed by atoms with van der Waals surface area (Å²) in [5.41, 5.74) is 1.19. The molecule has 0 radical (unpaired) electrons. The van der Waals surface area contributed by atoms with Crippen LogP contribution in [-0.4, -0.2) is 38.6 Å². The fourth-order valence-electron chi connectivity index (χ4n) is 4.93. The highest BCUT2D eigenvalue weighted by molar-refractivity contribution is 7.89. The average molecular weight is 551 g/mol. The molecule has 206 valence electrons. The zero-order valence-corrected chi connectivity index (χ0v) is 25.1. The third-order valence-electron chi connectivity index (χ3n) is 6.48. The Balaban J connectivity index is 2.19. The lowest BCUT2D eigenvalue weighted by Gasteiger charge is -2.29. The van der Waals surface area contributed by atoms with Gasteiger partial charge in [-0.1, -0.05) is 46.1 Å². The number of thiazole rings is 1. The fourth-order valence-corrected chi connectivity index (χ4v) is 7.73. The van der Waals surface area contributed by atoms with Crippen molar-refractivity contribution in [1.82, 2.24) is 9.71 Å². The van der Waals surface area contributed by atoms with Crippen LogP contribution in [0.25, 0.3) is 10.4 Å². The molecule has 3 rings (SSSR count). The molecule has 0 bridgehead atoms. The maximum atomic E-state index is 13.4. The van der Waals surface area contributed by atoms with Crippen molar-refractivity contribution in [1.29, 1.82) is 0 Å². The molecule has 9 heteroatoms. The summed E-state index contributed by atoms with van der Waals surface area (Å²) in [6.45, 7) is 13.5. The quantitative estimate of drug-likeness (QED) is 0.371. The Kier molecular flexibility index (Phi) is 9.26. The third kappa shape index (κ3) is 7.19. The van der Waals surface area contributed by atoms with Gasteiger partial charge in [-0.2, -0.15) is 0 Å². The molecule has 1 unspecified atom stereocenters. The molecule has 1 fully saturated rings. The fraction of sp³-hybridized carbons (Fsp3) is 0.643. The lowest BCUT2D eigenvalue weighted by Crippen LogP contribution is -2.41. The standard InChI is InChI=1S/C28H42N2O5S2/c1-9-35-26(31)25-29-22(23(34-8)18-13-11-10-12-14-18)24(36-25)19-15-16-21(20(17-19)27(2,3)4)37(32,33)30-28(5,6)7/h15-18,23,30H,9-14H2,1-8H3. The van der Waals surface area contributed by atoms with Gasteiger partial charge in [0, 0.05) is 12.6 Å². The van der Waals surface area contributed by atoms with E-state index in [1.807, 2.05) is 53.7 Å². The molecule has 1 saturated carbocycles. The number of rotatable bonds is 8. The van der Waals surface area contributed by atoms with Crippen molar-refractivity contribution in [3.8, 4) is 10.4 Å². The molecule has 2 aromatic rings. The Morgan fingerprint density at radius 1 is 1.14 bits per heavy atom. The van der Waals surface area contributed by atoms with Gasteiger partial charge < -0.3 is 9.47 Å². The number of aromatic nitrogens is 1. The Morgan fingerprint density at radius 2 is 1.78 bits per heavy atom. The van der Waals surface area contributed by atoms with E-state index in [1.54, 1.807) is 20.1 Å². The van der Waals surface area contributed by atoms with Gasteiger partial charge >= 0.3 is 5.97 Å². The van der Waals surface area contributed by atoms with Crippen LogP contribution >= 0.6 is 11.3 Å². The first kappa shape index (κ1) is 29.7. The van der Waals surface area contributed by atoms with Crippen molar-refractivity contribution in [2.24, 2.45) is 5.92 Å². The van der Waals surface area contributed by atoms with E-state index < -0.39 is 26.9 Å². The van der Waals surface area contributed by atoms with E-state index in [0.717, 1.165) is 41.8 Å².